The topological polar surface area (TPSA) is 45.5 Å². The van der Waals surface area contributed by atoms with Gasteiger partial charge in [0.25, 0.3) is 0 Å². The molecule has 0 atom stereocenters. The lowest BCUT2D eigenvalue weighted by Gasteiger charge is -2.15. The summed E-state index contributed by atoms with van der Waals surface area (Å²) in [6, 6.07) is 64.4. The van der Waals surface area contributed by atoms with E-state index in [9.17, 15) is 0 Å². The van der Waals surface area contributed by atoms with E-state index >= 15 is 0 Å². The molecule has 5 aromatic heterocycles. The van der Waals surface area contributed by atoms with E-state index < -0.39 is 0 Å². The van der Waals surface area contributed by atoms with Gasteiger partial charge in [-0.15, -0.1) is 0 Å². The Morgan fingerprint density at radius 2 is 0.893 bits per heavy atom. The van der Waals surface area contributed by atoms with E-state index in [1.54, 1.807) is 0 Å². The first-order chi connectivity index (χ1) is 27.8. The van der Waals surface area contributed by atoms with Crippen LogP contribution in [0.5, 0.6) is 0 Å². The molecule has 12 aromatic rings. The predicted octanol–water partition coefficient (Wildman–Crippen LogP) is 12.2. The van der Waals surface area contributed by atoms with Crippen LogP contribution in [0.2, 0.25) is 0 Å². The molecule has 6 heteroatoms. The van der Waals surface area contributed by atoms with Crippen LogP contribution >= 0.6 is 0 Å². The van der Waals surface area contributed by atoms with Gasteiger partial charge in [0.15, 0.2) is 0 Å². The molecule has 0 N–H and O–H groups in total. The summed E-state index contributed by atoms with van der Waals surface area (Å²) in [4.78, 5) is 11.2. The maximum atomic E-state index is 5.71. The lowest BCUT2D eigenvalue weighted by Crippen LogP contribution is -2.05. The molecule has 0 fully saturated rings. The monoisotopic (exact) mass is 716 g/mol. The van der Waals surface area contributed by atoms with Gasteiger partial charge in [0.1, 0.15) is 5.69 Å². The van der Waals surface area contributed by atoms with Crippen LogP contribution in [0.3, 0.4) is 0 Å². The van der Waals surface area contributed by atoms with Crippen LogP contribution in [0.1, 0.15) is 0 Å². The highest BCUT2D eigenvalue weighted by atomic mass is 15.2. The fourth-order valence-electron chi connectivity index (χ4n) is 8.88. The summed E-state index contributed by atoms with van der Waals surface area (Å²) in [5.74, 6) is 0.629. The first kappa shape index (κ1) is 30.7. The molecule has 0 bridgehead atoms. The molecule has 0 radical (unpaired) electrons. The highest BCUT2D eigenvalue weighted by Gasteiger charge is 2.24. The molecule has 0 saturated heterocycles. The number of fused-ring (bicyclic) bond motifs is 9. The summed E-state index contributed by atoms with van der Waals surface area (Å²) in [7, 11) is 0. The molecule has 5 heterocycles. The van der Waals surface area contributed by atoms with Crippen molar-refractivity contribution in [3.8, 4) is 34.3 Å². The molecule has 0 amide bonds. The Bertz CT molecular complexity index is 3460. The van der Waals surface area contributed by atoms with Gasteiger partial charge >= 0.3 is 0 Å². The highest BCUT2D eigenvalue weighted by Crippen LogP contribution is 2.42. The van der Waals surface area contributed by atoms with Gasteiger partial charge in [0.2, 0.25) is 5.95 Å². The zero-order chi connectivity index (χ0) is 36.7. The molecule has 0 aliphatic carbocycles. The first-order valence-corrected chi connectivity index (χ1v) is 18.9. The third-order valence-electron chi connectivity index (χ3n) is 11.3. The van der Waals surface area contributed by atoms with Crippen LogP contribution in [0.25, 0.3) is 99.8 Å². The molecule has 7 aromatic carbocycles. The average molecular weight is 717 g/mol. The molecule has 0 spiro atoms. The summed E-state index contributed by atoms with van der Waals surface area (Å²) in [6.07, 6.45) is 4.29. The van der Waals surface area contributed by atoms with E-state index in [2.05, 4.69) is 213 Å². The van der Waals surface area contributed by atoms with Gasteiger partial charge in [-0.05, 0) is 66.7 Å². The van der Waals surface area contributed by atoms with Crippen molar-refractivity contribution in [2.24, 2.45) is 0 Å². The molecule has 0 aliphatic rings. The van der Waals surface area contributed by atoms with Crippen molar-refractivity contribution in [3.05, 3.63) is 194 Å². The van der Waals surface area contributed by atoms with Crippen LogP contribution in [0.4, 0.5) is 0 Å². The minimum Gasteiger partial charge on any atom is -0.316 e. The summed E-state index contributed by atoms with van der Waals surface area (Å²) in [6.45, 7) is 0. The van der Waals surface area contributed by atoms with E-state index in [4.69, 9.17) is 9.97 Å². The van der Waals surface area contributed by atoms with Gasteiger partial charge < -0.3 is 13.7 Å². The van der Waals surface area contributed by atoms with E-state index in [-0.39, 0.29) is 0 Å². The zero-order valence-corrected chi connectivity index (χ0v) is 30.2. The Morgan fingerprint density at radius 3 is 1.61 bits per heavy atom. The van der Waals surface area contributed by atoms with E-state index in [0.29, 0.717) is 5.95 Å². The number of hydrogen-bond donors (Lipinski definition) is 0. The fourth-order valence-corrected chi connectivity index (χ4v) is 8.88. The molecule has 6 nitrogen and oxygen atoms in total. The minimum atomic E-state index is 0.629. The molecular formula is C50H32N6. The number of rotatable bonds is 5. The van der Waals surface area contributed by atoms with Gasteiger partial charge in [0.05, 0.1) is 38.6 Å². The molecule has 0 aliphatic heterocycles. The number of hydrogen-bond acceptors (Lipinski definition) is 2. The van der Waals surface area contributed by atoms with Gasteiger partial charge in [-0.1, -0.05) is 115 Å². The fraction of sp³-hybridized carbons (Fsp3) is 0. The second-order valence-corrected chi connectivity index (χ2v) is 14.3. The third kappa shape index (κ3) is 4.38. The number of nitrogens with zero attached hydrogens (tertiary/aromatic N) is 6. The normalized spacial score (nSPS) is 11.9. The SMILES string of the molecule is c1ccc(-n2ccc3c2ccc2c4ccccc4n(-c4nc(-c5cccc6c7ccccc7n(-c7ccccc7)c56)c5c(ccn5-c5ccccc5)n4)c23)cc1. The Morgan fingerprint density at radius 1 is 0.321 bits per heavy atom. The molecule has 262 valence electrons. The Labute approximate surface area is 321 Å². The quantitative estimate of drug-likeness (QED) is 0.178. The van der Waals surface area contributed by atoms with Crippen molar-refractivity contribution in [1.29, 1.82) is 0 Å². The number of benzene rings is 7. The van der Waals surface area contributed by atoms with Crippen LogP contribution in [-0.2, 0) is 0 Å². The maximum absolute atomic E-state index is 5.71. The molecule has 12 rings (SSSR count). The summed E-state index contributed by atoms with van der Waals surface area (Å²) >= 11 is 0. The Kier molecular flexibility index (Phi) is 6.53. The second kappa shape index (κ2) is 11.9. The van der Waals surface area contributed by atoms with E-state index in [0.717, 1.165) is 83.1 Å². The van der Waals surface area contributed by atoms with Gasteiger partial charge in [-0.3, -0.25) is 4.57 Å². The van der Waals surface area contributed by atoms with Crippen LogP contribution in [0, 0.1) is 0 Å². The molecule has 56 heavy (non-hydrogen) atoms. The Hall–Kier alpha value is -7.70. The van der Waals surface area contributed by atoms with Crippen molar-refractivity contribution < 1.29 is 0 Å². The summed E-state index contributed by atoms with van der Waals surface area (Å²) in [5, 5.41) is 5.84. The van der Waals surface area contributed by atoms with Crippen LogP contribution in [-0.4, -0.2) is 28.2 Å². The second-order valence-electron chi connectivity index (χ2n) is 14.3. The first-order valence-electron chi connectivity index (χ1n) is 18.9. The molecule has 0 unspecified atom stereocenters. The van der Waals surface area contributed by atoms with Crippen molar-refractivity contribution in [2.45, 2.75) is 0 Å². The largest absolute Gasteiger partial charge is 0.316 e. The van der Waals surface area contributed by atoms with Gasteiger partial charge in [-0.25, -0.2) is 9.97 Å². The average Bonchev–Trinajstić information content (AvgIpc) is 4.05. The van der Waals surface area contributed by atoms with E-state index in [1.165, 1.54) is 10.8 Å². The van der Waals surface area contributed by atoms with Crippen molar-refractivity contribution in [3.63, 3.8) is 0 Å². The van der Waals surface area contributed by atoms with Gasteiger partial charge in [-0.2, -0.15) is 0 Å². The van der Waals surface area contributed by atoms with Crippen LogP contribution < -0.4 is 0 Å². The van der Waals surface area contributed by atoms with Crippen LogP contribution in [0.15, 0.2) is 194 Å². The number of aromatic nitrogens is 6. The molecule has 0 saturated carbocycles. The van der Waals surface area contributed by atoms with Crippen molar-refractivity contribution in [2.75, 3.05) is 0 Å². The summed E-state index contributed by atoms with van der Waals surface area (Å²) < 4.78 is 9.15. The predicted molar refractivity (Wildman–Crippen MR) is 230 cm³/mol. The molecular weight excluding hydrogens is 685 g/mol. The lowest BCUT2D eigenvalue weighted by atomic mass is 10.0. The minimum absolute atomic E-state index is 0.629. The lowest BCUT2D eigenvalue weighted by molar-refractivity contribution is 1.01. The van der Waals surface area contributed by atoms with Crippen molar-refractivity contribution >= 4 is 65.5 Å². The van der Waals surface area contributed by atoms with E-state index in [1.807, 2.05) is 0 Å². The summed E-state index contributed by atoms with van der Waals surface area (Å²) in [5.41, 5.74) is 12.5. The van der Waals surface area contributed by atoms with Gasteiger partial charge in [0, 0.05) is 62.0 Å². The zero-order valence-electron chi connectivity index (χ0n) is 30.2. The number of para-hydroxylation sites is 6. The van der Waals surface area contributed by atoms with Crippen molar-refractivity contribution in [1.82, 2.24) is 28.2 Å². The maximum Gasteiger partial charge on any atom is 0.235 e. The Balaban J connectivity index is 1.23. The standard InChI is InChI=1S/C50H32N6/c1-4-15-33(16-5-1)53-31-29-40-43(53)28-27-39-37-22-11-13-26-45(37)56(47(39)40)50-51-42-30-32-54(34-17-6-2-7-18-34)49(42)46(52-50)41-24-14-23-38-36-21-10-12-25-44(36)55(48(38)41)35-19-8-3-9-20-35/h1-32H. The highest BCUT2D eigenvalue weighted by molar-refractivity contribution is 6.19. The third-order valence-corrected chi connectivity index (χ3v) is 11.3. The smallest absolute Gasteiger partial charge is 0.235 e.